The van der Waals surface area contributed by atoms with Crippen LogP contribution in [0.2, 0.25) is 0 Å². The van der Waals surface area contributed by atoms with Crippen molar-refractivity contribution in [3.05, 3.63) is 66.4 Å². The maximum Gasteiger partial charge on any atom is 0.270 e. The summed E-state index contributed by atoms with van der Waals surface area (Å²) < 4.78 is 0. The lowest BCUT2D eigenvalue weighted by molar-refractivity contribution is 0.0942. The summed E-state index contributed by atoms with van der Waals surface area (Å²) in [5.41, 5.74) is 2.54. The Bertz CT molecular complexity index is 899. The van der Waals surface area contributed by atoms with Gasteiger partial charge in [-0.05, 0) is 37.1 Å². The molecule has 0 spiro atoms. The highest BCUT2D eigenvalue weighted by molar-refractivity contribution is 5.92. The molecule has 1 amide bonds. The lowest BCUT2D eigenvalue weighted by Crippen LogP contribution is -2.31. The first-order chi connectivity index (χ1) is 12.8. The van der Waals surface area contributed by atoms with Crippen molar-refractivity contribution in [3.63, 3.8) is 0 Å². The molecule has 6 nitrogen and oxygen atoms in total. The van der Waals surface area contributed by atoms with Crippen LogP contribution >= 0.6 is 0 Å². The Hall–Kier alpha value is -2.86. The summed E-state index contributed by atoms with van der Waals surface area (Å²) in [4.78, 5) is 27.0. The quantitative estimate of drug-likeness (QED) is 0.767. The molecule has 26 heavy (non-hydrogen) atoms. The smallest absolute Gasteiger partial charge is 0.270 e. The molecule has 1 atom stereocenters. The lowest BCUT2D eigenvalue weighted by Gasteiger charge is -2.16. The number of hydrogen-bond donors (Lipinski definition) is 1. The van der Waals surface area contributed by atoms with Crippen LogP contribution in [0, 0.1) is 5.92 Å². The van der Waals surface area contributed by atoms with E-state index >= 15 is 0 Å². The Morgan fingerprint density at radius 3 is 3.00 bits per heavy atom. The standard InChI is InChI=1S/C20H21N5O/c26-20(19-7-9-21-14-23-19)22-11-15-8-10-25(12-15)13-17-6-5-16-3-1-2-4-18(16)24-17/h1-7,9,14-15H,8,10-13H2,(H,22,26). The molecule has 0 radical (unpaired) electrons. The molecule has 0 aliphatic carbocycles. The average molecular weight is 347 g/mol. The van der Waals surface area contributed by atoms with Gasteiger partial charge in [-0.2, -0.15) is 0 Å². The fourth-order valence-corrected chi connectivity index (χ4v) is 3.40. The van der Waals surface area contributed by atoms with Crippen LogP contribution in [0.15, 0.2) is 55.0 Å². The summed E-state index contributed by atoms with van der Waals surface area (Å²) in [5, 5.41) is 4.15. The summed E-state index contributed by atoms with van der Waals surface area (Å²) >= 11 is 0. The first-order valence-corrected chi connectivity index (χ1v) is 8.89. The molecule has 1 N–H and O–H groups in total. The Balaban J connectivity index is 1.30. The zero-order valence-electron chi connectivity index (χ0n) is 14.5. The highest BCUT2D eigenvalue weighted by Gasteiger charge is 2.23. The van der Waals surface area contributed by atoms with Gasteiger partial charge in [-0.15, -0.1) is 0 Å². The zero-order valence-corrected chi connectivity index (χ0v) is 14.5. The molecule has 1 saturated heterocycles. The van der Waals surface area contributed by atoms with E-state index in [0.717, 1.165) is 37.3 Å². The number of nitrogens with one attached hydrogen (secondary N) is 1. The number of amides is 1. The van der Waals surface area contributed by atoms with Gasteiger partial charge in [0.25, 0.3) is 5.91 Å². The van der Waals surface area contributed by atoms with Gasteiger partial charge >= 0.3 is 0 Å². The first kappa shape index (κ1) is 16.6. The summed E-state index contributed by atoms with van der Waals surface area (Å²) in [6.45, 7) is 3.52. The normalized spacial score (nSPS) is 17.5. The third kappa shape index (κ3) is 3.86. The van der Waals surface area contributed by atoms with Gasteiger partial charge < -0.3 is 5.32 Å². The Kier molecular flexibility index (Phi) is 4.84. The van der Waals surface area contributed by atoms with Crippen molar-refractivity contribution in [2.24, 2.45) is 5.92 Å². The Labute approximate surface area is 152 Å². The van der Waals surface area contributed by atoms with Gasteiger partial charge in [0.15, 0.2) is 0 Å². The molecule has 1 aromatic carbocycles. The number of carbonyl (C=O) groups is 1. The van der Waals surface area contributed by atoms with E-state index in [1.807, 2.05) is 18.2 Å². The number of aromatic nitrogens is 3. The number of rotatable bonds is 5. The fourth-order valence-electron chi connectivity index (χ4n) is 3.40. The number of hydrogen-bond acceptors (Lipinski definition) is 5. The second kappa shape index (κ2) is 7.58. The molecule has 6 heteroatoms. The van der Waals surface area contributed by atoms with E-state index in [1.54, 1.807) is 12.3 Å². The molecule has 1 unspecified atom stereocenters. The van der Waals surface area contributed by atoms with E-state index in [-0.39, 0.29) is 5.91 Å². The number of fused-ring (bicyclic) bond motifs is 1. The fraction of sp³-hybridized carbons (Fsp3) is 0.300. The number of carbonyl (C=O) groups excluding carboxylic acids is 1. The molecular weight excluding hydrogens is 326 g/mol. The molecule has 2 aromatic heterocycles. The summed E-state index contributed by atoms with van der Waals surface area (Å²) in [7, 11) is 0. The Morgan fingerprint density at radius 2 is 2.12 bits per heavy atom. The molecule has 1 fully saturated rings. The predicted molar refractivity (Wildman–Crippen MR) is 99.5 cm³/mol. The van der Waals surface area contributed by atoms with Gasteiger partial charge in [0, 0.05) is 31.2 Å². The molecule has 0 saturated carbocycles. The maximum atomic E-state index is 12.1. The molecule has 1 aliphatic rings. The molecular formula is C20H21N5O. The molecule has 1 aliphatic heterocycles. The third-order valence-corrected chi connectivity index (χ3v) is 4.78. The van der Waals surface area contributed by atoms with Gasteiger partial charge in [0.05, 0.1) is 11.2 Å². The van der Waals surface area contributed by atoms with Crippen molar-refractivity contribution in [2.45, 2.75) is 13.0 Å². The minimum Gasteiger partial charge on any atom is -0.350 e. The molecule has 3 heterocycles. The third-order valence-electron chi connectivity index (χ3n) is 4.78. The van der Waals surface area contributed by atoms with Crippen molar-refractivity contribution >= 4 is 16.8 Å². The number of pyridine rings is 1. The number of para-hydroxylation sites is 1. The predicted octanol–water partition coefficient (Wildman–Crippen LogP) is 2.28. The monoisotopic (exact) mass is 347 g/mol. The first-order valence-electron chi connectivity index (χ1n) is 8.89. The maximum absolute atomic E-state index is 12.1. The zero-order chi connectivity index (χ0) is 17.8. The lowest BCUT2D eigenvalue weighted by atomic mass is 10.1. The van der Waals surface area contributed by atoms with Crippen LogP contribution in [0.4, 0.5) is 0 Å². The second-order valence-electron chi connectivity index (χ2n) is 6.69. The van der Waals surface area contributed by atoms with Crippen molar-refractivity contribution in [1.82, 2.24) is 25.2 Å². The summed E-state index contributed by atoms with van der Waals surface area (Å²) in [6, 6.07) is 14.0. The van der Waals surface area contributed by atoms with E-state index in [2.05, 4.69) is 38.4 Å². The molecule has 132 valence electrons. The van der Waals surface area contributed by atoms with Crippen LogP contribution in [-0.4, -0.2) is 45.4 Å². The minimum absolute atomic E-state index is 0.137. The minimum atomic E-state index is -0.137. The van der Waals surface area contributed by atoms with Gasteiger partial charge in [-0.3, -0.25) is 14.7 Å². The number of benzene rings is 1. The van der Waals surface area contributed by atoms with Crippen LogP contribution in [0.5, 0.6) is 0 Å². The molecule has 4 rings (SSSR count). The second-order valence-corrected chi connectivity index (χ2v) is 6.69. The number of likely N-dealkylation sites (tertiary alicyclic amines) is 1. The average Bonchev–Trinajstić information content (AvgIpc) is 3.14. The van der Waals surface area contributed by atoms with Crippen molar-refractivity contribution in [3.8, 4) is 0 Å². The highest BCUT2D eigenvalue weighted by Crippen LogP contribution is 2.19. The largest absolute Gasteiger partial charge is 0.350 e. The number of nitrogens with zero attached hydrogens (tertiary/aromatic N) is 4. The topological polar surface area (TPSA) is 71.0 Å². The van der Waals surface area contributed by atoms with Crippen LogP contribution in [0.1, 0.15) is 22.6 Å². The van der Waals surface area contributed by atoms with Gasteiger partial charge in [0.2, 0.25) is 0 Å². The van der Waals surface area contributed by atoms with Crippen molar-refractivity contribution in [1.29, 1.82) is 0 Å². The van der Waals surface area contributed by atoms with Gasteiger partial charge in [-0.25, -0.2) is 9.97 Å². The Morgan fingerprint density at radius 1 is 1.19 bits per heavy atom. The van der Waals surface area contributed by atoms with E-state index in [9.17, 15) is 4.79 Å². The van der Waals surface area contributed by atoms with Crippen molar-refractivity contribution in [2.75, 3.05) is 19.6 Å². The van der Waals surface area contributed by atoms with Gasteiger partial charge in [0.1, 0.15) is 12.0 Å². The SMILES string of the molecule is O=C(NCC1CCN(Cc2ccc3ccccc3n2)C1)c1ccncn1. The van der Waals surface area contributed by atoms with Crippen LogP contribution in [0.25, 0.3) is 10.9 Å². The molecule has 3 aromatic rings. The van der Waals surface area contributed by atoms with Gasteiger partial charge in [-0.1, -0.05) is 24.3 Å². The van der Waals surface area contributed by atoms with Crippen molar-refractivity contribution < 1.29 is 4.79 Å². The summed E-state index contributed by atoms with van der Waals surface area (Å²) in [5.74, 6) is 0.322. The molecule has 0 bridgehead atoms. The van der Waals surface area contributed by atoms with E-state index < -0.39 is 0 Å². The van der Waals surface area contributed by atoms with E-state index in [4.69, 9.17) is 4.98 Å². The van der Waals surface area contributed by atoms with Crippen LogP contribution in [-0.2, 0) is 6.54 Å². The van der Waals surface area contributed by atoms with E-state index in [0.29, 0.717) is 18.2 Å². The van der Waals surface area contributed by atoms with Crippen LogP contribution < -0.4 is 5.32 Å². The highest BCUT2D eigenvalue weighted by atomic mass is 16.1. The van der Waals surface area contributed by atoms with Crippen LogP contribution in [0.3, 0.4) is 0 Å². The van der Waals surface area contributed by atoms with E-state index in [1.165, 1.54) is 11.7 Å². The summed E-state index contributed by atoms with van der Waals surface area (Å²) in [6.07, 6.45) is 4.05.